The predicted octanol–water partition coefficient (Wildman–Crippen LogP) is 8.81. The maximum Gasteiger partial charge on any atom is 0.128 e. The van der Waals surface area contributed by atoms with Crippen molar-refractivity contribution in [1.29, 1.82) is 0 Å². The Balaban J connectivity index is 1.61. The van der Waals surface area contributed by atoms with E-state index in [0.717, 1.165) is 47.8 Å². The molecule has 1 N–H and O–H groups in total. The molecule has 3 aromatic carbocycles. The number of hydrogen-bond donors (Lipinski definition) is 1. The van der Waals surface area contributed by atoms with Gasteiger partial charge in [0.05, 0.1) is 11.4 Å². The number of benzene rings is 3. The van der Waals surface area contributed by atoms with E-state index in [1.54, 1.807) is 0 Å². The minimum absolute atomic E-state index is 0.674. The number of rotatable bonds is 4. The highest BCUT2D eigenvalue weighted by Crippen LogP contribution is 2.40. The third-order valence-electron chi connectivity index (χ3n) is 6.91. The summed E-state index contributed by atoms with van der Waals surface area (Å²) < 4.78 is 4.74. The maximum atomic E-state index is 6.27. The molecule has 0 aliphatic carbocycles. The monoisotopic (exact) mass is 529 g/mol. The fourth-order valence-electron chi connectivity index (χ4n) is 5.25. The number of aryl methyl sites for hydroxylation is 3. The van der Waals surface area contributed by atoms with Crippen LogP contribution in [-0.2, 0) is 13.0 Å². The van der Waals surface area contributed by atoms with Gasteiger partial charge in [-0.1, -0.05) is 83.4 Å². The highest BCUT2D eigenvalue weighted by molar-refractivity contribution is 7.81. The summed E-state index contributed by atoms with van der Waals surface area (Å²) in [4.78, 5) is 0.675. The molecule has 2 aromatic heterocycles. The highest BCUT2D eigenvalue weighted by atomic mass is 35.5. The molecule has 6 rings (SSSR count). The molecule has 0 amide bonds. The van der Waals surface area contributed by atoms with Gasteiger partial charge in [0.15, 0.2) is 0 Å². The fraction of sp³-hybridized carbons (Fsp3) is 0.167. The Labute approximate surface area is 226 Å². The Hall–Kier alpha value is -3.05. The number of aromatic nitrogens is 2. The molecule has 0 saturated carbocycles. The lowest BCUT2D eigenvalue weighted by molar-refractivity contribution is 0.647. The summed E-state index contributed by atoms with van der Waals surface area (Å²) in [6.07, 6.45) is 5.50. The predicted molar refractivity (Wildman–Crippen MR) is 156 cm³/mol. The van der Waals surface area contributed by atoms with Gasteiger partial charge < -0.3 is 9.88 Å². The van der Waals surface area contributed by atoms with Crippen molar-refractivity contribution in [2.75, 3.05) is 5.32 Å². The zero-order valence-electron chi connectivity index (χ0n) is 19.9. The Morgan fingerprint density at radius 3 is 2.39 bits per heavy atom. The second kappa shape index (κ2) is 9.44. The van der Waals surface area contributed by atoms with Crippen molar-refractivity contribution in [3.63, 3.8) is 0 Å². The SMILES string of the molecule is Cc1ccc(-c2c3c4n(c(-c5ccc(Cl)cc5)cn4c2C(=S)Nc2cccc(Cl)c2)CCCC3)cc1. The number of thiocarbonyl (C=S) groups is 1. The lowest BCUT2D eigenvalue weighted by atomic mass is 9.97. The minimum atomic E-state index is 0.674. The van der Waals surface area contributed by atoms with Crippen molar-refractivity contribution in [2.24, 2.45) is 0 Å². The third kappa shape index (κ3) is 4.13. The molecular formula is C30H25Cl2N3S. The number of halogens is 2. The molecule has 5 aromatic rings. The lowest BCUT2D eigenvalue weighted by Crippen LogP contribution is -2.14. The fourth-order valence-corrected chi connectivity index (χ4v) is 5.88. The van der Waals surface area contributed by atoms with Crippen LogP contribution in [0.5, 0.6) is 0 Å². The minimum Gasteiger partial charge on any atom is -0.345 e. The van der Waals surface area contributed by atoms with Gasteiger partial charge >= 0.3 is 0 Å². The van der Waals surface area contributed by atoms with Gasteiger partial charge in [-0.25, -0.2) is 0 Å². The number of anilines is 1. The highest BCUT2D eigenvalue weighted by Gasteiger charge is 2.28. The van der Waals surface area contributed by atoms with Gasteiger partial charge in [0.25, 0.3) is 0 Å². The molecule has 1 aliphatic heterocycles. The van der Waals surface area contributed by atoms with Gasteiger partial charge in [-0.05, 0) is 67.6 Å². The summed E-state index contributed by atoms with van der Waals surface area (Å²) in [5, 5.41) is 4.87. The first-order valence-electron chi connectivity index (χ1n) is 12.2. The van der Waals surface area contributed by atoms with E-state index in [1.807, 2.05) is 36.4 Å². The normalized spacial score (nSPS) is 13.1. The van der Waals surface area contributed by atoms with Crippen molar-refractivity contribution in [1.82, 2.24) is 8.97 Å². The van der Waals surface area contributed by atoms with E-state index in [-0.39, 0.29) is 0 Å². The quantitative estimate of drug-likeness (QED) is 0.235. The number of nitrogens with one attached hydrogen (secondary N) is 1. The standard InChI is InChI=1S/C30H25Cl2N3S/c1-19-8-10-21(11-9-19)27-25-7-2-3-16-34-26(20-12-14-22(31)15-13-20)18-35(30(25)34)28(27)29(36)33-24-6-4-5-23(32)17-24/h4-6,8-15,17-18H,2-3,7,16H2,1H3,(H,33,36). The van der Waals surface area contributed by atoms with Gasteiger partial charge in [0.2, 0.25) is 0 Å². The van der Waals surface area contributed by atoms with Crippen LogP contribution >= 0.6 is 35.4 Å². The van der Waals surface area contributed by atoms with Crippen molar-refractivity contribution in [2.45, 2.75) is 32.7 Å². The molecular weight excluding hydrogens is 505 g/mol. The largest absolute Gasteiger partial charge is 0.345 e. The molecule has 1 aliphatic rings. The number of nitrogens with zero attached hydrogens (tertiary/aromatic N) is 2. The second-order valence-corrected chi connectivity index (χ2v) is 10.6. The van der Waals surface area contributed by atoms with Gasteiger partial charge in [-0.2, -0.15) is 0 Å². The topological polar surface area (TPSA) is 21.4 Å². The molecule has 6 heteroatoms. The van der Waals surface area contributed by atoms with Crippen LogP contribution in [0.1, 0.15) is 29.7 Å². The van der Waals surface area contributed by atoms with E-state index in [4.69, 9.17) is 35.4 Å². The average molecular weight is 531 g/mol. The Kier molecular flexibility index (Phi) is 6.12. The zero-order valence-corrected chi connectivity index (χ0v) is 22.2. The second-order valence-electron chi connectivity index (χ2n) is 9.36. The molecule has 0 bridgehead atoms. The van der Waals surface area contributed by atoms with E-state index in [2.05, 4.69) is 63.8 Å². The van der Waals surface area contributed by atoms with Crippen LogP contribution in [-0.4, -0.2) is 14.0 Å². The van der Waals surface area contributed by atoms with E-state index in [0.29, 0.717) is 10.0 Å². The summed E-state index contributed by atoms with van der Waals surface area (Å²) in [6.45, 7) is 3.08. The van der Waals surface area contributed by atoms with Crippen LogP contribution in [0.2, 0.25) is 10.0 Å². The summed E-state index contributed by atoms with van der Waals surface area (Å²) in [5.41, 5.74) is 10.4. The molecule has 3 nitrogen and oxygen atoms in total. The number of hydrogen-bond acceptors (Lipinski definition) is 1. The Morgan fingerprint density at radius 1 is 0.889 bits per heavy atom. The van der Waals surface area contributed by atoms with Crippen molar-refractivity contribution >= 4 is 51.7 Å². The lowest BCUT2D eigenvalue weighted by Gasteiger charge is -2.13. The van der Waals surface area contributed by atoms with Crippen molar-refractivity contribution < 1.29 is 0 Å². The van der Waals surface area contributed by atoms with Crippen LogP contribution in [0, 0.1) is 6.92 Å². The van der Waals surface area contributed by atoms with Crippen molar-refractivity contribution in [3.05, 3.63) is 106 Å². The molecule has 0 atom stereocenters. The number of imidazole rings is 1. The van der Waals surface area contributed by atoms with Gasteiger partial charge in [0, 0.05) is 39.6 Å². The van der Waals surface area contributed by atoms with Crippen LogP contribution < -0.4 is 5.32 Å². The molecule has 0 radical (unpaired) electrons. The van der Waals surface area contributed by atoms with Gasteiger partial charge in [-0.3, -0.25) is 4.40 Å². The summed E-state index contributed by atoms with van der Waals surface area (Å²) in [5.74, 6) is 0. The summed E-state index contributed by atoms with van der Waals surface area (Å²) >= 11 is 18.6. The van der Waals surface area contributed by atoms with E-state index < -0.39 is 0 Å². The first-order valence-corrected chi connectivity index (χ1v) is 13.3. The third-order valence-corrected chi connectivity index (χ3v) is 7.69. The Morgan fingerprint density at radius 2 is 1.64 bits per heavy atom. The molecule has 0 saturated heterocycles. The molecule has 180 valence electrons. The molecule has 0 fully saturated rings. The zero-order chi connectivity index (χ0) is 24.8. The van der Waals surface area contributed by atoms with Crippen LogP contribution in [0.15, 0.2) is 79.0 Å². The first kappa shape index (κ1) is 23.4. The van der Waals surface area contributed by atoms with Gasteiger partial charge in [0.1, 0.15) is 10.6 Å². The van der Waals surface area contributed by atoms with E-state index in [9.17, 15) is 0 Å². The first-order chi connectivity index (χ1) is 17.5. The van der Waals surface area contributed by atoms with E-state index in [1.165, 1.54) is 33.6 Å². The van der Waals surface area contributed by atoms with Crippen molar-refractivity contribution in [3.8, 4) is 22.4 Å². The smallest absolute Gasteiger partial charge is 0.128 e. The molecule has 3 heterocycles. The maximum absolute atomic E-state index is 6.27. The summed E-state index contributed by atoms with van der Waals surface area (Å²) in [7, 11) is 0. The molecule has 0 unspecified atom stereocenters. The molecule has 0 spiro atoms. The van der Waals surface area contributed by atoms with Crippen LogP contribution in [0.4, 0.5) is 5.69 Å². The Bertz CT molecular complexity index is 1590. The van der Waals surface area contributed by atoms with E-state index >= 15 is 0 Å². The van der Waals surface area contributed by atoms with Crippen LogP contribution in [0.3, 0.4) is 0 Å². The average Bonchev–Trinajstić information content (AvgIpc) is 3.28. The molecule has 36 heavy (non-hydrogen) atoms. The summed E-state index contributed by atoms with van der Waals surface area (Å²) in [6, 6.07) is 24.5. The van der Waals surface area contributed by atoms with Crippen LogP contribution in [0.25, 0.3) is 28.0 Å². The van der Waals surface area contributed by atoms with Gasteiger partial charge in [-0.15, -0.1) is 0 Å².